The van der Waals surface area contributed by atoms with E-state index in [1.165, 1.54) is 0 Å². The van der Waals surface area contributed by atoms with Gasteiger partial charge in [-0.15, -0.1) is 0 Å². The van der Waals surface area contributed by atoms with Crippen molar-refractivity contribution in [3.63, 3.8) is 0 Å². The van der Waals surface area contributed by atoms with Crippen LogP contribution in [0.15, 0.2) is 53.1 Å². The van der Waals surface area contributed by atoms with E-state index in [-0.39, 0.29) is 11.5 Å². The number of pyridine rings is 1. The third-order valence-electron chi connectivity index (χ3n) is 2.74. The molecular weight excluding hydrogens is 228 g/mol. The summed E-state index contributed by atoms with van der Waals surface area (Å²) in [5.74, 6) is -0.154. The fraction of sp³-hybridized carbons (Fsp3) is 0. The molecule has 2 heterocycles. The number of nitrogens with two attached hydrogens (primary N) is 1. The lowest BCUT2D eigenvalue weighted by Gasteiger charge is -1.96. The van der Waals surface area contributed by atoms with Gasteiger partial charge in [0, 0.05) is 11.6 Å². The molecule has 0 spiro atoms. The number of aromatic nitrogens is 1. The number of rotatable bonds is 2. The van der Waals surface area contributed by atoms with Crippen LogP contribution in [0.1, 0.15) is 16.2 Å². The summed E-state index contributed by atoms with van der Waals surface area (Å²) in [5.41, 5.74) is 7.23. The van der Waals surface area contributed by atoms with Gasteiger partial charge in [-0.25, -0.2) is 0 Å². The predicted molar refractivity (Wildman–Crippen MR) is 68.3 cm³/mol. The Morgan fingerprint density at radius 3 is 2.61 bits per heavy atom. The van der Waals surface area contributed by atoms with Crippen molar-refractivity contribution < 1.29 is 9.21 Å². The van der Waals surface area contributed by atoms with Crippen LogP contribution in [0.3, 0.4) is 0 Å². The van der Waals surface area contributed by atoms with E-state index in [1.807, 2.05) is 18.2 Å². The minimum Gasteiger partial charge on any atom is -0.450 e. The van der Waals surface area contributed by atoms with Gasteiger partial charge in [-0.3, -0.25) is 9.78 Å². The minimum absolute atomic E-state index is 0.148. The highest BCUT2D eigenvalue weighted by Crippen LogP contribution is 2.29. The first-order valence-electron chi connectivity index (χ1n) is 5.50. The summed E-state index contributed by atoms with van der Waals surface area (Å²) >= 11 is 0. The highest BCUT2D eigenvalue weighted by atomic mass is 16.3. The molecule has 1 aromatic carbocycles. The average molecular weight is 238 g/mol. The summed E-state index contributed by atoms with van der Waals surface area (Å²) in [5, 5.41) is 0.747. The van der Waals surface area contributed by atoms with Crippen LogP contribution in [0, 0.1) is 0 Å². The number of furan rings is 1. The molecule has 0 saturated heterocycles. The van der Waals surface area contributed by atoms with Crippen molar-refractivity contribution in [1.29, 1.82) is 0 Å². The molecule has 4 nitrogen and oxygen atoms in total. The Morgan fingerprint density at radius 2 is 1.89 bits per heavy atom. The van der Waals surface area contributed by atoms with Crippen LogP contribution in [0.25, 0.3) is 11.0 Å². The third kappa shape index (κ3) is 1.55. The lowest BCUT2D eigenvalue weighted by Crippen LogP contribution is -2.04. The second-order valence-corrected chi connectivity index (χ2v) is 3.89. The van der Waals surface area contributed by atoms with Crippen LogP contribution < -0.4 is 5.73 Å². The molecule has 2 N–H and O–H groups in total. The Balaban J connectivity index is 2.15. The van der Waals surface area contributed by atoms with Crippen molar-refractivity contribution in [2.24, 2.45) is 0 Å². The van der Waals surface area contributed by atoms with E-state index < -0.39 is 0 Å². The van der Waals surface area contributed by atoms with Crippen LogP contribution in [0.2, 0.25) is 0 Å². The first-order valence-corrected chi connectivity index (χ1v) is 5.50. The van der Waals surface area contributed by atoms with E-state index >= 15 is 0 Å². The van der Waals surface area contributed by atoms with Gasteiger partial charge in [0.05, 0.1) is 5.69 Å². The zero-order chi connectivity index (χ0) is 12.5. The number of benzene rings is 1. The number of hydrogen-bond acceptors (Lipinski definition) is 4. The summed E-state index contributed by atoms with van der Waals surface area (Å²) in [4.78, 5) is 16.2. The molecule has 0 aliphatic heterocycles. The number of carbonyl (C=O) groups excluding carboxylic acids is 1. The molecule has 2 aromatic heterocycles. The Hall–Kier alpha value is -2.62. The van der Waals surface area contributed by atoms with Gasteiger partial charge in [-0.1, -0.05) is 18.2 Å². The fourth-order valence-corrected chi connectivity index (χ4v) is 1.85. The standard InChI is InChI=1S/C14H10N2O2/c15-12-9-5-1-2-7-11(9)18-14(12)13(17)10-6-3-4-8-16-10/h1-8H,15H2. The van der Waals surface area contributed by atoms with Gasteiger partial charge in [0.1, 0.15) is 11.3 Å². The largest absolute Gasteiger partial charge is 0.450 e. The van der Waals surface area contributed by atoms with Crippen molar-refractivity contribution >= 4 is 22.4 Å². The molecule has 0 fully saturated rings. The van der Waals surface area contributed by atoms with Gasteiger partial charge < -0.3 is 10.2 Å². The molecule has 0 amide bonds. The first kappa shape index (κ1) is 10.5. The Labute approximate surface area is 103 Å². The van der Waals surface area contributed by atoms with Crippen molar-refractivity contribution in [3.8, 4) is 0 Å². The Morgan fingerprint density at radius 1 is 1.11 bits per heavy atom. The lowest BCUT2D eigenvalue weighted by molar-refractivity contribution is 0.101. The first-order chi connectivity index (χ1) is 8.77. The molecule has 0 saturated carbocycles. The lowest BCUT2D eigenvalue weighted by atomic mass is 10.1. The van der Waals surface area contributed by atoms with Crippen LogP contribution >= 0.6 is 0 Å². The summed E-state index contributed by atoms with van der Waals surface area (Å²) in [6.07, 6.45) is 1.56. The molecule has 0 bridgehead atoms. The molecular formula is C14H10N2O2. The normalized spacial score (nSPS) is 10.7. The molecule has 3 rings (SSSR count). The predicted octanol–water partition coefficient (Wildman–Crippen LogP) is 2.64. The number of nitrogens with zero attached hydrogens (tertiary/aromatic N) is 1. The molecule has 4 heteroatoms. The molecule has 0 aliphatic rings. The molecule has 0 unspecified atom stereocenters. The maximum atomic E-state index is 12.2. The van der Waals surface area contributed by atoms with Gasteiger partial charge in [0.2, 0.25) is 11.5 Å². The van der Waals surface area contributed by atoms with Crippen LogP contribution in [0.5, 0.6) is 0 Å². The van der Waals surface area contributed by atoms with Gasteiger partial charge in [-0.2, -0.15) is 0 Å². The van der Waals surface area contributed by atoms with E-state index in [4.69, 9.17) is 10.2 Å². The quantitative estimate of drug-likeness (QED) is 0.697. The van der Waals surface area contributed by atoms with E-state index in [1.54, 1.807) is 30.5 Å². The SMILES string of the molecule is Nc1c(C(=O)c2ccccn2)oc2ccccc12. The van der Waals surface area contributed by atoms with E-state index in [9.17, 15) is 4.79 Å². The number of nitrogen functional groups attached to an aromatic ring is 1. The summed E-state index contributed by atoms with van der Waals surface area (Å²) in [6, 6.07) is 12.4. The number of ketones is 1. The van der Waals surface area contributed by atoms with Crippen LogP contribution in [-0.2, 0) is 0 Å². The van der Waals surface area contributed by atoms with Crippen molar-refractivity contribution in [2.45, 2.75) is 0 Å². The molecule has 88 valence electrons. The number of carbonyl (C=O) groups is 1. The number of para-hydroxylation sites is 1. The monoisotopic (exact) mass is 238 g/mol. The van der Waals surface area contributed by atoms with Crippen molar-refractivity contribution in [2.75, 3.05) is 5.73 Å². The molecule has 18 heavy (non-hydrogen) atoms. The summed E-state index contributed by atoms with van der Waals surface area (Å²) in [7, 11) is 0. The van der Waals surface area contributed by atoms with Gasteiger partial charge >= 0.3 is 0 Å². The van der Waals surface area contributed by atoms with E-state index in [2.05, 4.69) is 4.98 Å². The van der Waals surface area contributed by atoms with Gasteiger partial charge in [-0.05, 0) is 24.3 Å². The Bertz CT molecular complexity index is 717. The molecule has 0 radical (unpaired) electrons. The fourth-order valence-electron chi connectivity index (χ4n) is 1.85. The van der Waals surface area contributed by atoms with Gasteiger partial charge in [0.25, 0.3) is 0 Å². The topological polar surface area (TPSA) is 69.1 Å². The zero-order valence-corrected chi connectivity index (χ0v) is 9.46. The second-order valence-electron chi connectivity index (χ2n) is 3.89. The zero-order valence-electron chi connectivity index (χ0n) is 9.46. The van der Waals surface area contributed by atoms with E-state index in [0.29, 0.717) is 17.0 Å². The summed E-state index contributed by atoms with van der Waals surface area (Å²) in [6.45, 7) is 0. The molecule has 0 aliphatic carbocycles. The second kappa shape index (κ2) is 4.00. The third-order valence-corrected chi connectivity index (χ3v) is 2.74. The maximum Gasteiger partial charge on any atom is 0.248 e. The Kier molecular flexibility index (Phi) is 2.34. The van der Waals surface area contributed by atoms with Gasteiger partial charge in [0.15, 0.2) is 0 Å². The molecule has 3 aromatic rings. The number of anilines is 1. The van der Waals surface area contributed by atoms with Crippen LogP contribution in [0.4, 0.5) is 5.69 Å². The summed E-state index contributed by atoms with van der Waals surface area (Å²) < 4.78 is 5.50. The van der Waals surface area contributed by atoms with E-state index in [0.717, 1.165) is 5.39 Å². The van der Waals surface area contributed by atoms with Crippen molar-refractivity contribution in [3.05, 3.63) is 60.1 Å². The average Bonchev–Trinajstić information content (AvgIpc) is 2.77. The maximum absolute atomic E-state index is 12.2. The molecule has 0 atom stereocenters. The van der Waals surface area contributed by atoms with Crippen molar-refractivity contribution in [1.82, 2.24) is 4.98 Å². The highest BCUT2D eigenvalue weighted by Gasteiger charge is 2.20. The number of hydrogen-bond donors (Lipinski definition) is 1. The minimum atomic E-state index is -0.302. The number of fused-ring (bicyclic) bond motifs is 1. The van der Waals surface area contributed by atoms with Crippen LogP contribution in [-0.4, -0.2) is 10.8 Å². The smallest absolute Gasteiger partial charge is 0.248 e. The highest BCUT2D eigenvalue weighted by molar-refractivity contribution is 6.13.